The van der Waals surface area contributed by atoms with Gasteiger partial charge in [-0.1, -0.05) is 18.2 Å². The molecule has 0 fully saturated rings. The van der Waals surface area contributed by atoms with Crippen LogP contribution in [0.5, 0.6) is 5.75 Å². The van der Waals surface area contributed by atoms with Gasteiger partial charge in [-0.3, -0.25) is 24.5 Å². The fourth-order valence-corrected chi connectivity index (χ4v) is 2.99. The number of ether oxygens (including phenoxy) is 1. The van der Waals surface area contributed by atoms with Gasteiger partial charge in [-0.25, -0.2) is 0 Å². The smallest absolute Gasteiger partial charge is 0.270 e. The molecule has 3 aromatic rings. The first-order chi connectivity index (χ1) is 13.9. The Morgan fingerprint density at radius 2 is 1.59 bits per heavy atom. The maximum atomic E-state index is 12.6. The van der Waals surface area contributed by atoms with E-state index in [2.05, 4.69) is 5.43 Å². The van der Waals surface area contributed by atoms with Gasteiger partial charge in [0.15, 0.2) is 12.4 Å². The van der Waals surface area contributed by atoms with Gasteiger partial charge in [0.1, 0.15) is 5.75 Å². The van der Waals surface area contributed by atoms with Crippen molar-refractivity contribution in [2.24, 2.45) is 0 Å². The quantitative estimate of drug-likeness (QED) is 0.620. The van der Waals surface area contributed by atoms with E-state index in [1.807, 2.05) is 13.0 Å². The average molecular weight is 390 g/mol. The molecule has 1 N–H and O–H groups in total. The summed E-state index contributed by atoms with van der Waals surface area (Å²) in [7, 11) is 0. The van der Waals surface area contributed by atoms with Crippen LogP contribution in [0.4, 0.5) is 0 Å². The Labute approximate surface area is 169 Å². The number of benzene rings is 2. The van der Waals surface area contributed by atoms with E-state index >= 15 is 0 Å². The molecule has 148 valence electrons. The van der Waals surface area contributed by atoms with Gasteiger partial charge in [0.25, 0.3) is 5.91 Å². The van der Waals surface area contributed by atoms with Crippen molar-refractivity contribution in [1.82, 2.24) is 4.68 Å². The van der Waals surface area contributed by atoms with Crippen LogP contribution in [-0.2, 0) is 0 Å². The fraction of sp³-hybridized carbons (Fsp3) is 0.174. The van der Waals surface area contributed by atoms with Gasteiger partial charge >= 0.3 is 0 Å². The highest BCUT2D eigenvalue weighted by Crippen LogP contribution is 2.17. The monoisotopic (exact) mass is 390 g/mol. The van der Waals surface area contributed by atoms with E-state index in [0.717, 1.165) is 5.69 Å². The third kappa shape index (κ3) is 4.60. The first-order valence-electron chi connectivity index (χ1n) is 9.19. The Bertz CT molecular complexity index is 1050. The van der Waals surface area contributed by atoms with E-state index in [1.54, 1.807) is 66.2 Å². The molecule has 0 spiro atoms. The molecule has 3 rings (SSSR count). The zero-order chi connectivity index (χ0) is 21.0. The van der Waals surface area contributed by atoms with Crippen molar-refractivity contribution in [2.45, 2.75) is 20.8 Å². The second-order valence-electron chi connectivity index (χ2n) is 6.72. The van der Waals surface area contributed by atoms with Crippen molar-refractivity contribution >= 4 is 17.5 Å². The number of carbonyl (C=O) groups is 3. The molecular formula is C23H22N2O4. The van der Waals surface area contributed by atoms with Crippen molar-refractivity contribution in [3.63, 3.8) is 0 Å². The average Bonchev–Trinajstić information content (AvgIpc) is 3.01. The number of aryl methyl sites for hydroxylation is 1. The minimum Gasteiger partial charge on any atom is -0.485 e. The SMILES string of the molecule is CC(=O)c1ccc(OCC(=O)c2cc(C)n(NC(=O)c3ccccc3)c2C)cc1. The number of Topliss-reactive ketones (excluding diaryl/α,β-unsaturated/α-hetero) is 2. The topological polar surface area (TPSA) is 77.4 Å². The van der Waals surface area contributed by atoms with Gasteiger partial charge in [0.05, 0.1) is 0 Å². The first-order valence-corrected chi connectivity index (χ1v) is 9.19. The predicted molar refractivity (Wildman–Crippen MR) is 110 cm³/mol. The van der Waals surface area contributed by atoms with Gasteiger partial charge in [-0.15, -0.1) is 0 Å². The summed E-state index contributed by atoms with van der Waals surface area (Å²) in [4.78, 5) is 36.4. The molecule has 0 saturated heterocycles. The molecule has 0 unspecified atom stereocenters. The minimum atomic E-state index is -0.256. The highest BCUT2D eigenvalue weighted by atomic mass is 16.5. The highest BCUT2D eigenvalue weighted by Gasteiger charge is 2.18. The molecule has 2 aromatic carbocycles. The van der Waals surface area contributed by atoms with Crippen molar-refractivity contribution in [3.05, 3.63) is 88.7 Å². The summed E-state index contributed by atoms with van der Waals surface area (Å²) in [5, 5.41) is 0. The van der Waals surface area contributed by atoms with E-state index < -0.39 is 0 Å². The zero-order valence-corrected chi connectivity index (χ0v) is 16.6. The summed E-state index contributed by atoms with van der Waals surface area (Å²) in [5.41, 5.74) is 5.78. The maximum absolute atomic E-state index is 12.6. The van der Waals surface area contributed by atoms with Crippen LogP contribution in [-0.4, -0.2) is 28.8 Å². The molecule has 0 bridgehead atoms. The zero-order valence-electron chi connectivity index (χ0n) is 16.6. The second-order valence-corrected chi connectivity index (χ2v) is 6.72. The van der Waals surface area contributed by atoms with Crippen LogP contribution in [0.15, 0.2) is 60.7 Å². The number of carbonyl (C=O) groups excluding carboxylic acids is 3. The van der Waals surface area contributed by atoms with E-state index in [1.165, 1.54) is 6.92 Å². The van der Waals surface area contributed by atoms with Crippen molar-refractivity contribution in [3.8, 4) is 5.75 Å². The largest absolute Gasteiger partial charge is 0.485 e. The van der Waals surface area contributed by atoms with E-state index in [9.17, 15) is 14.4 Å². The van der Waals surface area contributed by atoms with Gasteiger partial charge in [0, 0.05) is 28.1 Å². The Balaban J connectivity index is 1.69. The van der Waals surface area contributed by atoms with Gasteiger partial charge in [0.2, 0.25) is 5.78 Å². The molecule has 6 heteroatoms. The molecule has 1 heterocycles. The normalized spacial score (nSPS) is 10.4. The number of amides is 1. The van der Waals surface area contributed by atoms with Crippen LogP contribution >= 0.6 is 0 Å². The van der Waals surface area contributed by atoms with Crippen LogP contribution in [0, 0.1) is 13.8 Å². The molecule has 29 heavy (non-hydrogen) atoms. The number of rotatable bonds is 7. The molecule has 0 radical (unpaired) electrons. The van der Waals surface area contributed by atoms with Crippen LogP contribution in [0.3, 0.4) is 0 Å². The Morgan fingerprint density at radius 3 is 2.21 bits per heavy atom. The van der Waals surface area contributed by atoms with Gasteiger partial charge < -0.3 is 4.74 Å². The molecular weight excluding hydrogens is 368 g/mol. The van der Waals surface area contributed by atoms with Crippen molar-refractivity contribution in [2.75, 3.05) is 12.0 Å². The number of aromatic nitrogens is 1. The van der Waals surface area contributed by atoms with Crippen molar-refractivity contribution in [1.29, 1.82) is 0 Å². The van der Waals surface area contributed by atoms with Crippen LogP contribution in [0.2, 0.25) is 0 Å². The van der Waals surface area contributed by atoms with E-state index in [0.29, 0.717) is 28.1 Å². The summed E-state index contributed by atoms with van der Waals surface area (Å²) in [6, 6.07) is 17.2. The van der Waals surface area contributed by atoms with Gasteiger partial charge in [-0.05, 0) is 63.2 Å². The van der Waals surface area contributed by atoms with Crippen LogP contribution in [0.25, 0.3) is 0 Å². The summed E-state index contributed by atoms with van der Waals surface area (Å²) in [5.74, 6) is 0.0225. The molecule has 1 amide bonds. The predicted octanol–water partition coefficient (Wildman–Crippen LogP) is 3.95. The molecule has 1 aromatic heterocycles. The number of nitrogens with zero attached hydrogens (tertiary/aromatic N) is 1. The Hall–Kier alpha value is -3.67. The lowest BCUT2D eigenvalue weighted by Gasteiger charge is -2.12. The third-order valence-electron chi connectivity index (χ3n) is 4.61. The number of ketones is 2. The number of hydrogen-bond acceptors (Lipinski definition) is 4. The summed E-state index contributed by atoms with van der Waals surface area (Å²) in [6.45, 7) is 4.94. The molecule has 0 aliphatic carbocycles. The highest BCUT2D eigenvalue weighted by molar-refractivity contribution is 6.01. The molecule has 6 nitrogen and oxygen atoms in total. The third-order valence-corrected chi connectivity index (χ3v) is 4.61. The van der Waals surface area contributed by atoms with E-state index in [4.69, 9.17) is 4.74 Å². The van der Waals surface area contributed by atoms with Crippen LogP contribution < -0.4 is 10.2 Å². The molecule has 0 aliphatic heterocycles. The summed E-state index contributed by atoms with van der Waals surface area (Å²) in [6.07, 6.45) is 0. The number of hydrogen-bond donors (Lipinski definition) is 1. The minimum absolute atomic E-state index is 0.0300. The Morgan fingerprint density at radius 1 is 0.931 bits per heavy atom. The first kappa shape index (κ1) is 20.1. The summed E-state index contributed by atoms with van der Waals surface area (Å²) < 4.78 is 7.16. The van der Waals surface area contributed by atoms with Crippen LogP contribution in [0.1, 0.15) is 49.4 Å². The standard InChI is InChI=1S/C23H22N2O4/c1-15-13-21(16(2)25(15)24-23(28)19-7-5-4-6-8-19)22(27)14-29-20-11-9-18(10-12-20)17(3)26/h4-13H,14H2,1-3H3,(H,24,28). The lowest BCUT2D eigenvalue weighted by molar-refractivity contribution is 0.0918. The fourth-order valence-electron chi connectivity index (χ4n) is 2.99. The van der Waals surface area contributed by atoms with Gasteiger partial charge in [-0.2, -0.15) is 0 Å². The molecule has 0 aliphatic rings. The molecule has 0 atom stereocenters. The number of nitrogens with one attached hydrogen (secondary N) is 1. The lowest BCUT2D eigenvalue weighted by Crippen LogP contribution is -2.25. The molecule has 0 saturated carbocycles. The van der Waals surface area contributed by atoms with E-state index in [-0.39, 0.29) is 24.1 Å². The van der Waals surface area contributed by atoms with Crippen molar-refractivity contribution < 1.29 is 19.1 Å². The summed E-state index contributed by atoms with van der Waals surface area (Å²) >= 11 is 0. The Kier molecular flexibility index (Phi) is 5.93. The second kappa shape index (κ2) is 8.56. The lowest BCUT2D eigenvalue weighted by atomic mass is 10.1. The maximum Gasteiger partial charge on any atom is 0.270 e.